The SMILES string of the molecule is CC(C)CCCCCCCCCCCCCCC(=O)O[C@@H](CO)COC(=O)CCC/C=C\C/C=C\C/C=C\C/C=C\CCCCCO. The molecule has 0 saturated heterocycles. The summed E-state index contributed by atoms with van der Waals surface area (Å²) in [5, 5.41) is 18.3. The van der Waals surface area contributed by atoms with Gasteiger partial charge in [0.05, 0.1) is 6.61 Å². The van der Waals surface area contributed by atoms with E-state index >= 15 is 0 Å². The van der Waals surface area contributed by atoms with Crippen molar-refractivity contribution in [1.82, 2.24) is 0 Å². The summed E-state index contributed by atoms with van der Waals surface area (Å²) >= 11 is 0. The maximum Gasteiger partial charge on any atom is 0.306 e. The number of hydrogen-bond acceptors (Lipinski definition) is 6. The lowest BCUT2D eigenvalue weighted by atomic mass is 10.0. The van der Waals surface area contributed by atoms with E-state index in [-0.39, 0.29) is 25.2 Å². The van der Waals surface area contributed by atoms with Crippen LogP contribution in [0.2, 0.25) is 0 Å². The number of aliphatic hydroxyl groups excluding tert-OH is 2. The molecule has 2 N–H and O–H groups in total. The van der Waals surface area contributed by atoms with Crippen LogP contribution in [0.25, 0.3) is 0 Å². The molecule has 0 spiro atoms. The van der Waals surface area contributed by atoms with E-state index in [1.54, 1.807) is 0 Å². The van der Waals surface area contributed by atoms with Crippen molar-refractivity contribution in [2.24, 2.45) is 5.92 Å². The summed E-state index contributed by atoms with van der Waals surface area (Å²) in [4.78, 5) is 24.2. The van der Waals surface area contributed by atoms with Crippen LogP contribution in [-0.4, -0.2) is 48.1 Å². The Bertz CT molecular complexity index is 813. The fourth-order valence-corrected chi connectivity index (χ4v) is 5.18. The molecule has 0 amide bonds. The van der Waals surface area contributed by atoms with Crippen molar-refractivity contribution in [3.8, 4) is 0 Å². The van der Waals surface area contributed by atoms with E-state index in [4.69, 9.17) is 14.6 Å². The summed E-state index contributed by atoms with van der Waals surface area (Å²) in [6, 6.07) is 0. The van der Waals surface area contributed by atoms with Gasteiger partial charge in [0, 0.05) is 19.4 Å². The zero-order valence-corrected chi connectivity index (χ0v) is 30.4. The molecule has 0 unspecified atom stereocenters. The average molecular weight is 661 g/mol. The van der Waals surface area contributed by atoms with Crippen LogP contribution in [-0.2, 0) is 19.1 Å². The third kappa shape index (κ3) is 36.5. The molecular formula is C41H72O6. The molecule has 1 atom stereocenters. The predicted octanol–water partition coefficient (Wildman–Crippen LogP) is 10.7. The van der Waals surface area contributed by atoms with Crippen molar-refractivity contribution < 1.29 is 29.3 Å². The number of esters is 2. The topological polar surface area (TPSA) is 93.1 Å². The van der Waals surface area contributed by atoms with E-state index in [9.17, 15) is 14.7 Å². The summed E-state index contributed by atoms with van der Waals surface area (Å²) in [7, 11) is 0. The number of carbonyl (C=O) groups is 2. The lowest BCUT2D eigenvalue weighted by molar-refractivity contribution is -0.161. The Morgan fingerprint density at radius 1 is 0.532 bits per heavy atom. The van der Waals surface area contributed by atoms with Gasteiger partial charge in [-0.3, -0.25) is 9.59 Å². The second kappa shape index (κ2) is 36.7. The first kappa shape index (κ1) is 44.8. The van der Waals surface area contributed by atoms with Gasteiger partial charge in [-0.2, -0.15) is 0 Å². The number of allylic oxidation sites excluding steroid dienone is 8. The Morgan fingerprint density at radius 2 is 0.979 bits per heavy atom. The van der Waals surface area contributed by atoms with Gasteiger partial charge in [0.1, 0.15) is 6.61 Å². The number of carbonyl (C=O) groups excluding carboxylic acids is 2. The Labute approximate surface area is 289 Å². The first-order valence-corrected chi connectivity index (χ1v) is 19.2. The fourth-order valence-electron chi connectivity index (χ4n) is 5.18. The molecule has 0 saturated carbocycles. The summed E-state index contributed by atoms with van der Waals surface area (Å²) in [6.45, 7) is 4.44. The van der Waals surface area contributed by atoms with Gasteiger partial charge in [-0.15, -0.1) is 0 Å². The highest BCUT2D eigenvalue weighted by molar-refractivity contribution is 5.70. The Balaban J connectivity index is 3.66. The molecule has 6 nitrogen and oxygen atoms in total. The molecule has 0 aliphatic heterocycles. The number of rotatable bonds is 34. The predicted molar refractivity (Wildman–Crippen MR) is 197 cm³/mol. The highest BCUT2D eigenvalue weighted by Gasteiger charge is 2.16. The normalized spacial score (nSPS) is 12.8. The Hall–Kier alpha value is -2.18. The molecule has 0 bridgehead atoms. The first-order chi connectivity index (χ1) is 23.0. The maximum atomic E-state index is 12.1. The van der Waals surface area contributed by atoms with E-state index in [0.29, 0.717) is 25.9 Å². The van der Waals surface area contributed by atoms with Crippen molar-refractivity contribution in [1.29, 1.82) is 0 Å². The molecule has 0 heterocycles. The average Bonchev–Trinajstić information content (AvgIpc) is 3.06. The van der Waals surface area contributed by atoms with Crippen LogP contribution in [0.15, 0.2) is 48.6 Å². The van der Waals surface area contributed by atoms with Crippen LogP contribution in [0.3, 0.4) is 0 Å². The van der Waals surface area contributed by atoms with E-state index in [2.05, 4.69) is 62.5 Å². The molecule has 6 heteroatoms. The van der Waals surface area contributed by atoms with Gasteiger partial charge in [-0.05, 0) is 63.7 Å². The second-order valence-corrected chi connectivity index (χ2v) is 13.2. The quantitative estimate of drug-likeness (QED) is 0.0405. The summed E-state index contributed by atoms with van der Waals surface area (Å²) in [5.41, 5.74) is 0. The van der Waals surface area contributed by atoms with Crippen molar-refractivity contribution in [3.05, 3.63) is 48.6 Å². The van der Waals surface area contributed by atoms with Crippen LogP contribution in [0, 0.1) is 5.92 Å². The van der Waals surface area contributed by atoms with Crippen molar-refractivity contribution >= 4 is 11.9 Å². The van der Waals surface area contributed by atoms with Crippen LogP contribution in [0.5, 0.6) is 0 Å². The fraction of sp³-hybridized carbons (Fsp3) is 0.756. The van der Waals surface area contributed by atoms with Crippen molar-refractivity contribution in [2.45, 2.75) is 174 Å². The molecule has 0 aromatic rings. The Kier molecular flexibility index (Phi) is 35.0. The largest absolute Gasteiger partial charge is 0.462 e. The van der Waals surface area contributed by atoms with Crippen LogP contribution in [0.4, 0.5) is 0 Å². The summed E-state index contributed by atoms with van der Waals surface area (Å²) in [6.07, 6.45) is 41.9. The molecule has 0 rings (SSSR count). The van der Waals surface area contributed by atoms with Gasteiger partial charge >= 0.3 is 11.9 Å². The number of ether oxygens (including phenoxy) is 2. The highest BCUT2D eigenvalue weighted by atomic mass is 16.6. The van der Waals surface area contributed by atoms with Crippen LogP contribution < -0.4 is 0 Å². The molecule has 47 heavy (non-hydrogen) atoms. The van der Waals surface area contributed by atoms with Crippen LogP contribution >= 0.6 is 0 Å². The monoisotopic (exact) mass is 661 g/mol. The minimum Gasteiger partial charge on any atom is -0.462 e. The number of unbranched alkanes of at least 4 members (excludes halogenated alkanes) is 15. The van der Waals surface area contributed by atoms with Crippen molar-refractivity contribution in [2.75, 3.05) is 19.8 Å². The van der Waals surface area contributed by atoms with Gasteiger partial charge in [-0.25, -0.2) is 0 Å². The Morgan fingerprint density at radius 3 is 1.49 bits per heavy atom. The maximum absolute atomic E-state index is 12.1. The van der Waals surface area contributed by atoms with E-state index in [1.165, 1.54) is 64.2 Å². The minimum absolute atomic E-state index is 0.101. The van der Waals surface area contributed by atoms with Gasteiger partial charge in [-0.1, -0.05) is 146 Å². The van der Waals surface area contributed by atoms with Gasteiger partial charge in [0.2, 0.25) is 0 Å². The summed E-state index contributed by atoms with van der Waals surface area (Å²) < 4.78 is 10.5. The van der Waals surface area contributed by atoms with Crippen molar-refractivity contribution in [3.63, 3.8) is 0 Å². The third-order valence-corrected chi connectivity index (χ3v) is 8.11. The lowest BCUT2D eigenvalue weighted by Crippen LogP contribution is -2.28. The molecule has 0 aromatic carbocycles. The standard InChI is InChI=1S/C41H72O6/c1-38(2)32-28-24-20-16-12-9-10-14-18-22-26-30-34-41(45)47-39(36-43)37-46-40(44)33-29-25-21-17-13-8-6-4-3-5-7-11-15-19-23-27-31-35-42/h3,5-6,8,11,15,17,21,38-39,42-43H,4,7,9-10,12-14,16,18-20,22-37H2,1-2H3/b5-3-,8-6-,15-11-,21-17-/t39-/m0/s1. The van der Waals surface area contributed by atoms with Gasteiger partial charge in [0.25, 0.3) is 0 Å². The lowest BCUT2D eigenvalue weighted by Gasteiger charge is -2.15. The zero-order chi connectivity index (χ0) is 34.5. The van der Waals surface area contributed by atoms with E-state index in [0.717, 1.165) is 76.5 Å². The highest BCUT2D eigenvalue weighted by Crippen LogP contribution is 2.15. The molecular weight excluding hydrogens is 588 g/mol. The number of hydrogen-bond donors (Lipinski definition) is 2. The molecule has 272 valence electrons. The smallest absolute Gasteiger partial charge is 0.306 e. The van der Waals surface area contributed by atoms with E-state index < -0.39 is 6.10 Å². The van der Waals surface area contributed by atoms with E-state index in [1.807, 2.05) is 0 Å². The molecule has 0 aliphatic carbocycles. The molecule has 0 aliphatic rings. The van der Waals surface area contributed by atoms with Gasteiger partial charge in [0.15, 0.2) is 6.10 Å². The summed E-state index contributed by atoms with van der Waals surface area (Å²) in [5.74, 6) is 0.163. The zero-order valence-electron chi connectivity index (χ0n) is 30.4. The second-order valence-electron chi connectivity index (χ2n) is 13.2. The number of aliphatic hydroxyl groups is 2. The minimum atomic E-state index is -0.799. The van der Waals surface area contributed by atoms with Crippen LogP contribution in [0.1, 0.15) is 168 Å². The molecule has 0 fully saturated rings. The molecule has 0 aromatic heterocycles. The van der Waals surface area contributed by atoms with Gasteiger partial charge < -0.3 is 19.7 Å². The first-order valence-electron chi connectivity index (χ1n) is 19.2. The molecule has 0 radical (unpaired) electrons. The third-order valence-electron chi connectivity index (χ3n) is 8.11.